The van der Waals surface area contributed by atoms with Crippen molar-refractivity contribution in [2.75, 3.05) is 25.5 Å². The van der Waals surface area contributed by atoms with Crippen LogP contribution in [0.4, 0.5) is 10.5 Å². The molecule has 4 N–H and O–H groups in total. The van der Waals surface area contributed by atoms with Crippen molar-refractivity contribution >= 4 is 34.9 Å². The smallest absolute Gasteiger partial charge is 0.323 e. The van der Waals surface area contributed by atoms with Crippen molar-refractivity contribution in [3.05, 3.63) is 46.7 Å². The number of hydrogen-bond acceptors (Lipinski definition) is 6. The summed E-state index contributed by atoms with van der Waals surface area (Å²) in [5.74, 6) is 0.171. The monoisotopic (exact) mass is 485 g/mol. The number of carbonyl (C=O) groups is 3. The van der Waals surface area contributed by atoms with Crippen LogP contribution in [0.1, 0.15) is 30.6 Å². The van der Waals surface area contributed by atoms with E-state index in [0.29, 0.717) is 18.0 Å². The Bertz CT molecular complexity index is 989. The minimum atomic E-state index is -0.999. The number of amides is 4. The molecule has 1 atom stereocenters. The average molecular weight is 486 g/mol. The zero-order valence-corrected chi connectivity index (χ0v) is 20.1. The normalized spacial score (nSPS) is 22.4. The Hall–Kier alpha value is -3.11. The van der Waals surface area contributed by atoms with Gasteiger partial charge in [-0.05, 0) is 61.4 Å². The lowest BCUT2D eigenvalue weighted by Gasteiger charge is -2.32. The van der Waals surface area contributed by atoms with Crippen molar-refractivity contribution in [3.8, 4) is 5.75 Å². The number of carbonyl (C=O) groups excluding carboxylic acids is 3. The van der Waals surface area contributed by atoms with Gasteiger partial charge in [-0.2, -0.15) is 0 Å². The highest BCUT2D eigenvalue weighted by atomic mass is 32.1. The summed E-state index contributed by atoms with van der Waals surface area (Å²) in [5.41, 5.74) is 6.57. The van der Waals surface area contributed by atoms with Gasteiger partial charge < -0.3 is 26.0 Å². The minimum absolute atomic E-state index is 0.00588. The van der Waals surface area contributed by atoms with Crippen LogP contribution in [0.2, 0.25) is 0 Å². The van der Waals surface area contributed by atoms with Gasteiger partial charge >= 0.3 is 6.03 Å². The standard InChI is InChI=1S/C24H31N5O4S/c1-33-19-10-8-18(9-11-19)27-24(32)29-13-12-28(21(30)15-20-3-2-14-34-20)23(29)22(31)26-17-6-4-16(25)5-7-17/h2-3,8-11,14,16-17,23H,4-7,12-13,15,25H2,1H3,(H,26,31)(H,27,32). The van der Waals surface area contributed by atoms with E-state index in [0.717, 1.165) is 30.6 Å². The van der Waals surface area contributed by atoms with Crippen molar-refractivity contribution < 1.29 is 19.1 Å². The largest absolute Gasteiger partial charge is 0.497 e. The lowest BCUT2D eigenvalue weighted by molar-refractivity contribution is -0.141. The minimum Gasteiger partial charge on any atom is -0.497 e. The number of urea groups is 1. The highest BCUT2D eigenvalue weighted by Gasteiger charge is 2.43. The van der Waals surface area contributed by atoms with Gasteiger partial charge in [0.15, 0.2) is 6.17 Å². The Balaban J connectivity index is 1.49. The lowest BCUT2D eigenvalue weighted by Crippen LogP contribution is -2.57. The van der Waals surface area contributed by atoms with E-state index in [1.165, 1.54) is 21.1 Å². The Morgan fingerprint density at radius 3 is 2.41 bits per heavy atom. The molecule has 1 aliphatic carbocycles. The van der Waals surface area contributed by atoms with Crippen LogP contribution in [0.5, 0.6) is 5.75 Å². The molecule has 10 heteroatoms. The van der Waals surface area contributed by atoms with E-state index < -0.39 is 12.2 Å². The molecule has 0 spiro atoms. The SMILES string of the molecule is COc1ccc(NC(=O)N2CCN(C(=O)Cc3cccs3)C2C(=O)NC2CCC(N)CC2)cc1. The fraction of sp³-hybridized carbons (Fsp3) is 0.458. The Labute approximate surface area is 203 Å². The van der Waals surface area contributed by atoms with Crippen molar-refractivity contribution in [1.82, 2.24) is 15.1 Å². The van der Waals surface area contributed by atoms with Crippen molar-refractivity contribution in [1.29, 1.82) is 0 Å². The van der Waals surface area contributed by atoms with Crippen LogP contribution in [0.25, 0.3) is 0 Å². The van der Waals surface area contributed by atoms with E-state index in [9.17, 15) is 14.4 Å². The number of anilines is 1. The quantitative estimate of drug-likeness (QED) is 0.581. The second-order valence-electron chi connectivity index (χ2n) is 8.69. The maximum Gasteiger partial charge on any atom is 0.323 e. The summed E-state index contributed by atoms with van der Waals surface area (Å²) < 4.78 is 5.16. The van der Waals surface area contributed by atoms with Crippen molar-refractivity contribution in [2.24, 2.45) is 5.73 Å². The molecule has 2 heterocycles. The van der Waals surface area contributed by atoms with Crippen LogP contribution in [-0.2, 0) is 16.0 Å². The van der Waals surface area contributed by atoms with Crippen LogP contribution < -0.4 is 21.1 Å². The van der Waals surface area contributed by atoms with Gasteiger partial charge in [-0.1, -0.05) is 6.07 Å². The molecule has 182 valence electrons. The van der Waals surface area contributed by atoms with Crippen molar-refractivity contribution in [3.63, 3.8) is 0 Å². The first kappa shape index (κ1) is 24.0. The molecule has 2 aliphatic rings. The second kappa shape index (κ2) is 10.9. The van der Waals surface area contributed by atoms with Gasteiger partial charge in [-0.25, -0.2) is 4.79 Å². The molecule has 2 fully saturated rings. The molecule has 0 radical (unpaired) electrons. The summed E-state index contributed by atoms with van der Waals surface area (Å²) in [6.07, 6.45) is 2.48. The number of thiophene rings is 1. The maximum atomic E-state index is 13.4. The molecule has 2 aromatic rings. The van der Waals surface area contributed by atoms with Gasteiger partial charge in [0, 0.05) is 35.7 Å². The van der Waals surface area contributed by atoms with Crippen LogP contribution in [0, 0.1) is 0 Å². The predicted octanol–water partition coefficient (Wildman–Crippen LogP) is 2.39. The van der Waals surface area contributed by atoms with Gasteiger partial charge in [-0.15, -0.1) is 11.3 Å². The summed E-state index contributed by atoms with van der Waals surface area (Å²) in [6, 6.07) is 10.5. The second-order valence-corrected chi connectivity index (χ2v) is 9.72. The van der Waals surface area contributed by atoms with E-state index in [4.69, 9.17) is 10.5 Å². The maximum absolute atomic E-state index is 13.4. The molecule has 1 aliphatic heterocycles. The van der Waals surface area contributed by atoms with E-state index in [2.05, 4.69) is 10.6 Å². The van der Waals surface area contributed by atoms with Crippen LogP contribution >= 0.6 is 11.3 Å². The molecular formula is C24H31N5O4S. The fourth-order valence-electron chi connectivity index (χ4n) is 4.46. The van der Waals surface area contributed by atoms with Crippen LogP contribution in [-0.4, -0.2) is 66.1 Å². The van der Waals surface area contributed by atoms with Crippen molar-refractivity contribution in [2.45, 2.75) is 50.4 Å². The molecule has 1 saturated carbocycles. The highest BCUT2D eigenvalue weighted by molar-refractivity contribution is 7.10. The van der Waals surface area contributed by atoms with Gasteiger partial charge in [0.1, 0.15) is 5.75 Å². The number of ether oxygens (including phenoxy) is 1. The number of nitrogens with zero attached hydrogens (tertiary/aromatic N) is 2. The molecule has 34 heavy (non-hydrogen) atoms. The van der Waals surface area contributed by atoms with Gasteiger partial charge in [0.25, 0.3) is 5.91 Å². The number of rotatable bonds is 6. The molecule has 9 nitrogen and oxygen atoms in total. The van der Waals surface area contributed by atoms with E-state index >= 15 is 0 Å². The number of nitrogens with two attached hydrogens (primary N) is 1. The Morgan fingerprint density at radius 1 is 1.06 bits per heavy atom. The lowest BCUT2D eigenvalue weighted by atomic mass is 9.92. The highest BCUT2D eigenvalue weighted by Crippen LogP contribution is 2.23. The first-order valence-electron chi connectivity index (χ1n) is 11.5. The van der Waals surface area contributed by atoms with Crippen LogP contribution in [0.3, 0.4) is 0 Å². The summed E-state index contributed by atoms with van der Waals surface area (Å²) in [5, 5.41) is 7.81. The third-order valence-electron chi connectivity index (χ3n) is 6.35. The van der Waals surface area contributed by atoms with Crippen LogP contribution in [0.15, 0.2) is 41.8 Å². The molecule has 0 bridgehead atoms. The average Bonchev–Trinajstić information content (AvgIpc) is 3.51. The number of methoxy groups -OCH3 is 1. The first-order valence-corrected chi connectivity index (χ1v) is 12.4. The van der Waals surface area contributed by atoms with Gasteiger partial charge in [-0.3, -0.25) is 14.5 Å². The van der Waals surface area contributed by atoms with E-state index in [-0.39, 0.29) is 36.9 Å². The summed E-state index contributed by atoms with van der Waals surface area (Å²) in [7, 11) is 1.57. The van der Waals surface area contributed by atoms with Gasteiger partial charge in [0.05, 0.1) is 13.5 Å². The summed E-state index contributed by atoms with van der Waals surface area (Å²) in [4.78, 5) is 43.5. The topological polar surface area (TPSA) is 117 Å². The zero-order valence-electron chi connectivity index (χ0n) is 19.2. The molecule has 1 saturated heterocycles. The molecule has 1 unspecified atom stereocenters. The first-order chi connectivity index (χ1) is 16.4. The van der Waals surface area contributed by atoms with E-state index in [1.807, 2.05) is 17.5 Å². The molecular weight excluding hydrogens is 454 g/mol. The molecule has 1 aromatic heterocycles. The Morgan fingerprint density at radius 2 is 1.76 bits per heavy atom. The molecule has 4 amide bonds. The van der Waals surface area contributed by atoms with Gasteiger partial charge in [0.2, 0.25) is 5.91 Å². The van der Waals surface area contributed by atoms with E-state index in [1.54, 1.807) is 31.4 Å². The number of benzene rings is 1. The number of nitrogens with one attached hydrogen (secondary N) is 2. The fourth-order valence-corrected chi connectivity index (χ4v) is 5.15. The molecule has 4 rings (SSSR count). The third-order valence-corrected chi connectivity index (χ3v) is 7.23. The number of hydrogen-bond donors (Lipinski definition) is 3. The zero-order chi connectivity index (χ0) is 24.1. The molecule has 1 aromatic carbocycles. The summed E-state index contributed by atoms with van der Waals surface area (Å²) in [6.45, 7) is 0.569. The summed E-state index contributed by atoms with van der Waals surface area (Å²) >= 11 is 1.50. The third kappa shape index (κ3) is 5.68. The Kier molecular flexibility index (Phi) is 7.69. The predicted molar refractivity (Wildman–Crippen MR) is 131 cm³/mol.